The molecule has 2 rings (SSSR count). The lowest BCUT2D eigenvalue weighted by molar-refractivity contribution is -0.275. The molecule has 5 nitrogen and oxygen atoms in total. The summed E-state index contributed by atoms with van der Waals surface area (Å²) >= 11 is 0. The first-order valence-electron chi connectivity index (χ1n) is 5.71. The van der Waals surface area contributed by atoms with Crippen LogP contribution >= 0.6 is 0 Å². The van der Waals surface area contributed by atoms with Crippen LogP contribution in [0.3, 0.4) is 0 Å². The lowest BCUT2D eigenvalue weighted by Gasteiger charge is -2.19. The third-order valence-electron chi connectivity index (χ3n) is 2.65. The number of nitrogens with zero attached hydrogens (tertiary/aromatic N) is 2. The minimum absolute atomic E-state index is 0.256. The molecule has 1 atom stereocenters. The van der Waals surface area contributed by atoms with E-state index in [2.05, 4.69) is 15.3 Å². The van der Waals surface area contributed by atoms with Crippen LogP contribution in [-0.4, -0.2) is 16.1 Å². The molecule has 0 aliphatic rings. The molecule has 0 amide bonds. The number of para-hydroxylation sites is 1. The molecule has 1 heterocycles. The van der Waals surface area contributed by atoms with Crippen molar-refractivity contribution < 1.29 is 17.9 Å². The zero-order chi connectivity index (χ0) is 14.8. The summed E-state index contributed by atoms with van der Waals surface area (Å²) in [4.78, 5) is 0. The molecule has 1 unspecified atom stereocenters. The summed E-state index contributed by atoms with van der Waals surface area (Å²) in [6.07, 6.45) is -3.09. The fraction of sp³-hybridized carbons (Fsp3) is 0.250. The van der Waals surface area contributed by atoms with Gasteiger partial charge in [0.1, 0.15) is 5.75 Å². The number of rotatable bonds is 4. The lowest BCUT2D eigenvalue weighted by atomic mass is 10.0. The highest BCUT2D eigenvalue weighted by molar-refractivity contribution is 5.39. The molecule has 0 saturated carbocycles. The molecule has 20 heavy (non-hydrogen) atoms. The van der Waals surface area contributed by atoms with Gasteiger partial charge in [-0.1, -0.05) is 18.2 Å². The number of benzene rings is 1. The maximum absolute atomic E-state index is 12.4. The van der Waals surface area contributed by atoms with Gasteiger partial charge < -0.3 is 4.74 Å². The molecule has 1 aromatic heterocycles. The normalized spacial score (nSPS) is 13.2. The number of halogens is 3. The van der Waals surface area contributed by atoms with Crippen molar-refractivity contribution >= 4 is 0 Å². The number of nitrogens with one attached hydrogen (secondary N) is 1. The smallest absolute Gasteiger partial charge is 0.405 e. The molecule has 3 N–H and O–H groups in total. The van der Waals surface area contributed by atoms with Crippen LogP contribution in [0.5, 0.6) is 5.75 Å². The van der Waals surface area contributed by atoms with E-state index in [4.69, 9.17) is 5.84 Å². The van der Waals surface area contributed by atoms with Gasteiger partial charge in [0, 0.05) is 18.8 Å². The van der Waals surface area contributed by atoms with Crippen LogP contribution in [0, 0.1) is 0 Å². The van der Waals surface area contributed by atoms with Crippen LogP contribution in [0.4, 0.5) is 13.2 Å². The van der Waals surface area contributed by atoms with E-state index in [1.54, 1.807) is 25.4 Å². The van der Waals surface area contributed by atoms with Gasteiger partial charge in [-0.25, -0.2) is 5.43 Å². The fourth-order valence-electron chi connectivity index (χ4n) is 1.86. The van der Waals surface area contributed by atoms with Crippen LogP contribution in [0.2, 0.25) is 0 Å². The van der Waals surface area contributed by atoms with Crippen molar-refractivity contribution in [3.8, 4) is 5.75 Å². The molecule has 0 aliphatic carbocycles. The van der Waals surface area contributed by atoms with Crippen LogP contribution in [-0.2, 0) is 7.05 Å². The highest BCUT2D eigenvalue weighted by Gasteiger charge is 2.33. The van der Waals surface area contributed by atoms with E-state index in [9.17, 15) is 13.2 Å². The van der Waals surface area contributed by atoms with Gasteiger partial charge in [-0.15, -0.1) is 13.2 Å². The Balaban J connectivity index is 2.39. The average molecular weight is 286 g/mol. The zero-order valence-electron chi connectivity index (χ0n) is 10.6. The SMILES string of the molecule is Cn1ccc(C(NN)c2ccccc2OC(F)(F)F)n1. The molecular weight excluding hydrogens is 273 g/mol. The molecule has 0 radical (unpaired) electrons. The van der Waals surface area contributed by atoms with Gasteiger partial charge in [0.15, 0.2) is 0 Å². The van der Waals surface area contributed by atoms with Gasteiger partial charge in [0.25, 0.3) is 0 Å². The highest BCUT2D eigenvalue weighted by Crippen LogP contribution is 2.32. The molecule has 2 aromatic rings. The molecule has 0 fully saturated rings. The van der Waals surface area contributed by atoms with Gasteiger partial charge >= 0.3 is 6.36 Å². The lowest BCUT2D eigenvalue weighted by Crippen LogP contribution is -2.30. The summed E-state index contributed by atoms with van der Waals surface area (Å²) in [6.45, 7) is 0. The van der Waals surface area contributed by atoms with E-state index in [1.807, 2.05) is 0 Å². The van der Waals surface area contributed by atoms with Crippen molar-refractivity contribution in [2.24, 2.45) is 12.9 Å². The second-order valence-corrected chi connectivity index (χ2v) is 4.10. The van der Waals surface area contributed by atoms with E-state index < -0.39 is 12.4 Å². The van der Waals surface area contributed by atoms with Crippen LogP contribution < -0.4 is 16.0 Å². The number of alkyl halides is 3. The Morgan fingerprint density at radius 3 is 2.55 bits per heavy atom. The Morgan fingerprint density at radius 2 is 2.00 bits per heavy atom. The second-order valence-electron chi connectivity index (χ2n) is 4.10. The third-order valence-corrected chi connectivity index (χ3v) is 2.65. The summed E-state index contributed by atoms with van der Waals surface area (Å²) in [7, 11) is 1.70. The second kappa shape index (κ2) is 5.51. The third kappa shape index (κ3) is 3.28. The largest absolute Gasteiger partial charge is 0.573 e. The molecule has 0 saturated heterocycles. The monoisotopic (exact) mass is 286 g/mol. The number of hydrogen-bond donors (Lipinski definition) is 2. The number of nitrogens with two attached hydrogens (primary N) is 1. The molecule has 108 valence electrons. The Kier molecular flexibility index (Phi) is 3.96. The minimum atomic E-state index is -4.76. The minimum Gasteiger partial charge on any atom is -0.405 e. The molecule has 0 spiro atoms. The quantitative estimate of drug-likeness (QED) is 0.665. The van der Waals surface area contributed by atoms with Crippen LogP contribution in [0.1, 0.15) is 17.3 Å². The summed E-state index contributed by atoms with van der Waals surface area (Å²) in [5, 5.41) is 4.13. The van der Waals surface area contributed by atoms with Gasteiger partial charge in [-0.3, -0.25) is 10.5 Å². The molecular formula is C12H13F3N4O. The van der Waals surface area contributed by atoms with Gasteiger partial charge in [-0.2, -0.15) is 5.10 Å². The maximum atomic E-state index is 12.4. The summed E-state index contributed by atoms with van der Waals surface area (Å²) < 4.78 is 42.8. The fourth-order valence-corrected chi connectivity index (χ4v) is 1.86. The van der Waals surface area contributed by atoms with Crippen molar-refractivity contribution in [3.05, 3.63) is 47.8 Å². The number of hydrazine groups is 1. The predicted octanol–water partition coefficient (Wildman–Crippen LogP) is 1.87. The van der Waals surface area contributed by atoms with E-state index in [1.165, 1.54) is 22.9 Å². The first-order chi connectivity index (χ1) is 9.40. The van der Waals surface area contributed by atoms with Gasteiger partial charge in [0.2, 0.25) is 0 Å². The average Bonchev–Trinajstić information content (AvgIpc) is 2.77. The van der Waals surface area contributed by atoms with Crippen LogP contribution in [0.25, 0.3) is 0 Å². The van der Waals surface area contributed by atoms with Crippen molar-refractivity contribution in [2.45, 2.75) is 12.4 Å². The summed E-state index contributed by atoms with van der Waals surface area (Å²) in [5.41, 5.74) is 3.20. The number of aromatic nitrogens is 2. The highest BCUT2D eigenvalue weighted by atomic mass is 19.4. The Hall–Kier alpha value is -2.06. The Labute approximate surface area is 113 Å². The zero-order valence-corrected chi connectivity index (χ0v) is 10.6. The maximum Gasteiger partial charge on any atom is 0.573 e. The molecule has 1 aromatic carbocycles. The first kappa shape index (κ1) is 14.4. The number of ether oxygens (including phenoxy) is 1. The predicted molar refractivity (Wildman–Crippen MR) is 65.5 cm³/mol. The van der Waals surface area contributed by atoms with Crippen molar-refractivity contribution in [1.82, 2.24) is 15.2 Å². The van der Waals surface area contributed by atoms with Crippen LogP contribution in [0.15, 0.2) is 36.5 Å². The van der Waals surface area contributed by atoms with Crippen molar-refractivity contribution in [1.29, 1.82) is 0 Å². The Bertz CT molecular complexity index is 582. The molecule has 8 heteroatoms. The Morgan fingerprint density at radius 1 is 1.30 bits per heavy atom. The summed E-state index contributed by atoms with van der Waals surface area (Å²) in [6, 6.07) is 6.75. The molecule has 0 bridgehead atoms. The first-order valence-corrected chi connectivity index (χ1v) is 5.71. The van der Waals surface area contributed by atoms with E-state index in [-0.39, 0.29) is 11.3 Å². The standard InChI is InChI=1S/C12H13F3N4O/c1-19-7-6-9(18-19)11(17-16)8-4-2-3-5-10(8)20-12(13,14)15/h2-7,11,17H,16H2,1H3. The van der Waals surface area contributed by atoms with E-state index >= 15 is 0 Å². The van der Waals surface area contributed by atoms with Gasteiger partial charge in [0.05, 0.1) is 11.7 Å². The van der Waals surface area contributed by atoms with Gasteiger partial charge in [-0.05, 0) is 12.1 Å². The number of aryl methyl sites for hydroxylation is 1. The van der Waals surface area contributed by atoms with E-state index in [0.29, 0.717) is 5.69 Å². The molecule has 0 aliphatic heterocycles. The topological polar surface area (TPSA) is 65.1 Å². The number of hydrogen-bond acceptors (Lipinski definition) is 4. The summed E-state index contributed by atoms with van der Waals surface area (Å²) in [5.74, 6) is 5.13. The van der Waals surface area contributed by atoms with E-state index in [0.717, 1.165) is 0 Å². The van der Waals surface area contributed by atoms with Crippen molar-refractivity contribution in [3.63, 3.8) is 0 Å². The van der Waals surface area contributed by atoms with Crippen molar-refractivity contribution in [2.75, 3.05) is 0 Å².